The number of halogens is 3. The quantitative estimate of drug-likeness (QED) is 0.125. The lowest BCUT2D eigenvalue weighted by Crippen LogP contribution is -2.22. The van der Waals surface area contributed by atoms with Crippen molar-refractivity contribution in [2.45, 2.75) is 63.5 Å². The van der Waals surface area contributed by atoms with Crippen LogP contribution in [-0.4, -0.2) is 56.9 Å². The summed E-state index contributed by atoms with van der Waals surface area (Å²) in [7, 11) is 0. The van der Waals surface area contributed by atoms with Crippen LogP contribution in [0.4, 0.5) is 5.82 Å². The van der Waals surface area contributed by atoms with Gasteiger partial charge in [-0.25, -0.2) is 24.7 Å². The topological polar surface area (TPSA) is 194 Å². The van der Waals surface area contributed by atoms with Crippen LogP contribution in [0.3, 0.4) is 0 Å². The summed E-state index contributed by atoms with van der Waals surface area (Å²) in [6, 6.07) is 11.6. The van der Waals surface area contributed by atoms with Gasteiger partial charge in [-0.1, -0.05) is 37.3 Å². The lowest BCUT2D eigenvalue weighted by molar-refractivity contribution is 0.704. The smallest absolute Gasteiger partial charge is 0.326 e. The minimum absolute atomic E-state index is 0.139. The minimum atomic E-state index is -0.513. The van der Waals surface area contributed by atoms with Gasteiger partial charge in [0.15, 0.2) is 16.5 Å². The number of aromatic amines is 2. The average Bonchev–Trinajstić information content (AvgIpc) is 3.76. The number of H-pyrrole nitrogens is 2. The first-order valence-corrected chi connectivity index (χ1v) is 16.2. The van der Waals surface area contributed by atoms with Crippen molar-refractivity contribution in [3.8, 4) is 0 Å². The molecule has 0 atom stereocenters. The molecule has 2 aliphatic rings. The van der Waals surface area contributed by atoms with Gasteiger partial charge in [-0.15, -0.1) is 0 Å². The van der Waals surface area contributed by atoms with E-state index in [1.165, 1.54) is 57.6 Å². The van der Waals surface area contributed by atoms with Crippen molar-refractivity contribution in [3.63, 3.8) is 0 Å². The summed E-state index contributed by atoms with van der Waals surface area (Å²) in [6.07, 6.45) is 15.1. The summed E-state index contributed by atoms with van der Waals surface area (Å²) in [5, 5.41) is 4.12. The highest BCUT2D eigenvalue weighted by Gasteiger charge is 2.17. The fourth-order valence-corrected chi connectivity index (χ4v) is 5.79. The zero-order chi connectivity index (χ0) is 33.2. The number of hydrogen-bond acceptors (Lipinski definition) is 11. The van der Waals surface area contributed by atoms with Gasteiger partial charge in [0.25, 0.3) is 5.56 Å². The lowest BCUT2D eigenvalue weighted by Gasteiger charge is -2.13. The van der Waals surface area contributed by atoms with Gasteiger partial charge in [-0.05, 0) is 85.3 Å². The van der Waals surface area contributed by atoms with Crippen LogP contribution in [0.1, 0.15) is 51.4 Å². The Kier molecular flexibility index (Phi) is 12.0. The van der Waals surface area contributed by atoms with Crippen LogP contribution < -0.4 is 22.3 Å². The molecular formula is C31H32Cl3N11O2. The number of hydrogen-bond donors (Lipinski definition) is 4. The molecule has 2 aliphatic carbocycles. The van der Waals surface area contributed by atoms with Crippen LogP contribution in [0, 0.1) is 0 Å². The molecule has 0 radical (unpaired) electrons. The van der Waals surface area contributed by atoms with Crippen molar-refractivity contribution < 1.29 is 0 Å². The predicted molar refractivity (Wildman–Crippen MR) is 185 cm³/mol. The Bertz CT molecular complexity index is 2060. The monoisotopic (exact) mass is 695 g/mol. The molecule has 6 aromatic rings. The molecule has 0 bridgehead atoms. The summed E-state index contributed by atoms with van der Waals surface area (Å²) in [4.78, 5) is 54.6. The number of aromatic nitrogens is 9. The van der Waals surface area contributed by atoms with E-state index in [9.17, 15) is 9.59 Å². The normalized spacial score (nSPS) is 14.6. The SMILES string of the molecule is Clc1nc(Cl)c2ncccc2n1.Clc1nc(NC2CCCC2)c2ncccc2n1.NC1CCCC1.O=c1[nH]c(=O)c2ncccc2[nH]1. The van der Waals surface area contributed by atoms with Gasteiger partial charge in [-0.3, -0.25) is 19.7 Å². The molecule has 6 heterocycles. The number of pyridine rings is 3. The molecule has 5 N–H and O–H groups in total. The molecule has 2 fully saturated rings. The van der Waals surface area contributed by atoms with E-state index in [4.69, 9.17) is 40.5 Å². The van der Waals surface area contributed by atoms with Gasteiger partial charge in [0.05, 0.1) is 16.6 Å². The Labute approximate surface area is 283 Å². The second-order valence-electron chi connectivity index (χ2n) is 10.8. The van der Waals surface area contributed by atoms with Gasteiger partial charge in [0.2, 0.25) is 10.6 Å². The summed E-state index contributed by atoms with van der Waals surface area (Å²) >= 11 is 17.3. The van der Waals surface area contributed by atoms with Crippen LogP contribution in [0.15, 0.2) is 64.6 Å². The highest BCUT2D eigenvalue weighted by Crippen LogP contribution is 2.25. The first-order valence-electron chi connectivity index (χ1n) is 15.1. The third kappa shape index (κ3) is 9.61. The Balaban J connectivity index is 0.000000129. The molecular weight excluding hydrogens is 665 g/mol. The van der Waals surface area contributed by atoms with E-state index in [2.05, 4.69) is 50.2 Å². The van der Waals surface area contributed by atoms with E-state index < -0.39 is 11.2 Å². The summed E-state index contributed by atoms with van der Waals surface area (Å²) in [6.45, 7) is 0. The number of nitrogens with zero attached hydrogens (tertiary/aromatic N) is 7. The van der Waals surface area contributed by atoms with E-state index in [-0.39, 0.29) is 21.2 Å². The molecule has 0 aliphatic heterocycles. The molecule has 2 saturated carbocycles. The van der Waals surface area contributed by atoms with E-state index in [0.717, 1.165) is 16.9 Å². The zero-order valence-electron chi connectivity index (χ0n) is 25.2. The highest BCUT2D eigenvalue weighted by molar-refractivity contribution is 6.35. The van der Waals surface area contributed by atoms with E-state index >= 15 is 0 Å². The number of anilines is 1. The Hall–Kier alpha value is -4.30. The summed E-state index contributed by atoms with van der Waals surface area (Å²) in [5.41, 5.74) is 8.06. The molecule has 0 spiro atoms. The maximum Gasteiger partial charge on any atom is 0.326 e. The number of nitrogens with one attached hydrogen (secondary N) is 3. The first-order chi connectivity index (χ1) is 22.8. The number of rotatable bonds is 2. The minimum Gasteiger partial charge on any atom is -0.365 e. The third-order valence-corrected chi connectivity index (χ3v) is 8.01. The predicted octanol–water partition coefficient (Wildman–Crippen LogP) is 5.86. The molecule has 0 amide bonds. The second kappa shape index (κ2) is 16.5. The van der Waals surface area contributed by atoms with Crippen LogP contribution in [0.25, 0.3) is 33.1 Å². The highest BCUT2D eigenvalue weighted by atomic mass is 35.5. The van der Waals surface area contributed by atoms with Gasteiger partial charge in [0.1, 0.15) is 11.0 Å². The van der Waals surface area contributed by atoms with Gasteiger partial charge in [0, 0.05) is 30.7 Å². The molecule has 0 saturated heterocycles. The van der Waals surface area contributed by atoms with Crippen molar-refractivity contribution in [1.29, 1.82) is 0 Å². The van der Waals surface area contributed by atoms with Gasteiger partial charge < -0.3 is 16.0 Å². The maximum absolute atomic E-state index is 11.1. The maximum atomic E-state index is 11.1. The van der Waals surface area contributed by atoms with Crippen molar-refractivity contribution in [2.75, 3.05) is 5.32 Å². The summed E-state index contributed by atoms with van der Waals surface area (Å²) < 4.78 is 0. The molecule has 16 heteroatoms. The van der Waals surface area contributed by atoms with E-state index in [1.54, 1.807) is 36.7 Å². The zero-order valence-corrected chi connectivity index (χ0v) is 27.4. The fourth-order valence-electron chi connectivity index (χ4n) is 5.17. The number of fused-ring (bicyclic) bond motifs is 3. The molecule has 47 heavy (non-hydrogen) atoms. The van der Waals surface area contributed by atoms with Crippen molar-refractivity contribution in [3.05, 3.63) is 91.5 Å². The second-order valence-corrected chi connectivity index (χ2v) is 11.9. The van der Waals surface area contributed by atoms with Crippen molar-refractivity contribution in [2.24, 2.45) is 5.73 Å². The molecule has 244 valence electrons. The Morgan fingerprint density at radius 1 is 0.681 bits per heavy atom. The molecule has 8 rings (SSSR count). The fraction of sp³-hybridized carbons (Fsp3) is 0.323. The lowest BCUT2D eigenvalue weighted by atomic mass is 10.2. The van der Waals surface area contributed by atoms with Gasteiger partial charge >= 0.3 is 5.69 Å². The molecule has 6 aromatic heterocycles. The molecule has 0 unspecified atom stereocenters. The Morgan fingerprint density at radius 3 is 1.87 bits per heavy atom. The molecule has 0 aromatic carbocycles. The van der Waals surface area contributed by atoms with Crippen LogP contribution >= 0.6 is 34.8 Å². The Morgan fingerprint density at radius 2 is 1.23 bits per heavy atom. The van der Waals surface area contributed by atoms with Crippen LogP contribution in [0.5, 0.6) is 0 Å². The third-order valence-electron chi connectivity index (χ3n) is 7.41. The van der Waals surface area contributed by atoms with E-state index in [0.29, 0.717) is 28.6 Å². The van der Waals surface area contributed by atoms with Crippen LogP contribution in [-0.2, 0) is 0 Å². The number of nitrogens with two attached hydrogens (primary N) is 1. The van der Waals surface area contributed by atoms with Crippen molar-refractivity contribution in [1.82, 2.24) is 44.9 Å². The van der Waals surface area contributed by atoms with Crippen molar-refractivity contribution >= 4 is 73.7 Å². The molecule has 13 nitrogen and oxygen atoms in total. The van der Waals surface area contributed by atoms with Crippen LogP contribution in [0.2, 0.25) is 15.7 Å². The average molecular weight is 697 g/mol. The first kappa shape index (κ1) is 34.0. The van der Waals surface area contributed by atoms with E-state index in [1.807, 2.05) is 12.1 Å². The summed E-state index contributed by atoms with van der Waals surface area (Å²) in [5.74, 6) is 0.757. The largest absolute Gasteiger partial charge is 0.365 e. The standard InChI is InChI=1S/C12H13ClN4.C7H3Cl2N3.C7H5N3O2.C5H11N/c13-12-16-9-6-3-7-14-10(9)11(17-12)15-8-4-1-2-5-8;8-6-5-4(2-1-3-10-5)11-7(9)12-6;11-6-5-4(2-1-3-8-5)9-7(12)10-6;6-5-3-1-2-4-5/h3,6-8H,1-2,4-5H2,(H,15,16,17);1-3H;1-3H,(H2,9,10,11,12);5H,1-4,6H2. The van der Waals surface area contributed by atoms with Gasteiger partial charge in [-0.2, -0.15) is 4.98 Å².